The van der Waals surface area contributed by atoms with Crippen LogP contribution in [0.3, 0.4) is 0 Å². The Morgan fingerprint density at radius 3 is 2.10 bits per heavy atom. The number of ether oxygens (including phenoxy) is 4. The summed E-state index contributed by atoms with van der Waals surface area (Å²) in [6.07, 6.45) is 1.82. The van der Waals surface area contributed by atoms with Gasteiger partial charge in [0.1, 0.15) is 23.0 Å². The molecule has 3 aromatic carbocycles. The summed E-state index contributed by atoms with van der Waals surface area (Å²) in [7, 11) is 3.32. The minimum atomic E-state index is 0.747. The molecule has 0 aromatic heterocycles. The predicted molar refractivity (Wildman–Crippen MR) is 123 cm³/mol. The van der Waals surface area contributed by atoms with Gasteiger partial charge in [-0.1, -0.05) is 0 Å². The average Bonchev–Trinajstić information content (AvgIpc) is 2.84. The minimum absolute atomic E-state index is 0.747. The van der Waals surface area contributed by atoms with E-state index in [0.29, 0.717) is 0 Å². The van der Waals surface area contributed by atoms with Crippen molar-refractivity contribution in [3.8, 4) is 23.0 Å². The molecule has 0 saturated carbocycles. The Balaban J connectivity index is 1.42. The van der Waals surface area contributed by atoms with E-state index in [9.17, 15) is 0 Å². The third-order valence-electron chi connectivity index (χ3n) is 5.08. The quantitative estimate of drug-likeness (QED) is 0.501. The van der Waals surface area contributed by atoms with E-state index in [-0.39, 0.29) is 0 Å². The van der Waals surface area contributed by atoms with Crippen LogP contribution in [-0.4, -0.2) is 46.7 Å². The van der Waals surface area contributed by atoms with Crippen LogP contribution in [0.1, 0.15) is 5.56 Å². The highest BCUT2D eigenvalue weighted by Crippen LogP contribution is 2.28. The van der Waals surface area contributed by atoms with Crippen molar-refractivity contribution in [2.24, 2.45) is 4.99 Å². The van der Waals surface area contributed by atoms with Gasteiger partial charge in [-0.05, 0) is 60.7 Å². The van der Waals surface area contributed by atoms with Crippen molar-refractivity contribution < 1.29 is 18.9 Å². The highest BCUT2D eigenvalue weighted by molar-refractivity contribution is 5.86. The van der Waals surface area contributed by atoms with Crippen LogP contribution in [0.2, 0.25) is 0 Å². The number of nitrogens with zero attached hydrogens (tertiary/aromatic N) is 2. The zero-order valence-electron chi connectivity index (χ0n) is 17.8. The number of anilines is 1. The van der Waals surface area contributed by atoms with Crippen molar-refractivity contribution in [2.45, 2.75) is 0 Å². The number of morpholine rings is 1. The van der Waals surface area contributed by atoms with E-state index < -0.39 is 0 Å². The monoisotopic (exact) mass is 418 g/mol. The summed E-state index contributed by atoms with van der Waals surface area (Å²) < 4.78 is 22.0. The fourth-order valence-electron chi connectivity index (χ4n) is 3.35. The van der Waals surface area contributed by atoms with Gasteiger partial charge in [0.05, 0.1) is 33.1 Å². The van der Waals surface area contributed by atoms with Gasteiger partial charge in [0.15, 0.2) is 0 Å². The van der Waals surface area contributed by atoms with E-state index in [1.807, 2.05) is 60.8 Å². The Hall–Kier alpha value is -3.51. The summed E-state index contributed by atoms with van der Waals surface area (Å²) in [4.78, 5) is 6.89. The number of aliphatic imine (C=N–C) groups is 1. The predicted octanol–water partition coefficient (Wildman–Crippen LogP) is 5.08. The van der Waals surface area contributed by atoms with Crippen LogP contribution in [0.15, 0.2) is 71.7 Å². The van der Waals surface area contributed by atoms with Crippen LogP contribution in [0.25, 0.3) is 0 Å². The van der Waals surface area contributed by atoms with Gasteiger partial charge in [-0.3, -0.25) is 4.99 Å². The lowest BCUT2D eigenvalue weighted by Gasteiger charge is -2.29. The second-order valence-corrected chi connectivity index (χ2v) is 7.06. The van der Waals surface area contributed by atoms with Gasteiger partial charge in [-0.2, -0.15) is 0 Å². The molecule has 0 N–H and O–H groups in total. The highest BCUT2D eigenvalue weighted by Gasteiger charge is 2.13. The maximum absolute atomic E-state index is 5.86. The standard InChI is InChI=1S/C25H26N2O4/c1-28-22-9-11-24(12-10-22)31-23-7-4-20(5-8-23)26-18-19-3-6-21(17-25(19)29-2)27-13-15-30-16-14-27/h3-12,17-18H,13-16H2,1-2H3. The average molecular weight is 418 g/mol. The fourth-order valence-corrected chi connectivity index (χ4v) is 3.35. The van der Waals surface area contributed by atoms with Crippen LogP contribution < -0.4 is 19.1 Å². The molecular formula is C25H26N2O4. The molecule has 0 atom stereocenters. The van der Waals surface area contributed by atoms with Crippen LogP contribution >= 0.6 is 0 Å². The van der Waals surface area contributed by atoms with Crippen LogP contribution in [0, 0.1) is 0 Å². The number of hydrogen-bond donors (Lipinski definition) is 0. The maximum atomic E-state index is 5.86. The lowest BCUT2D eigenvalue weighted by molar-refractivity contribution is 0.122. The third kappa shape index (κ3) is 5.35. The molecule has 1 fully saturated rings. The largest absolute Gasteiger partial charge is 0.497 e. The molecule has 31 heavy (non-hydrogen) atoms. The first-order valence-corrected chi connectivity index (χ1v) is 10.2. The molecule has 0 aliphatic carbocycles. The SMILES string of the molecule is COc1ccc(Oc2ccc(N=Cc3ccc(N4CCOCC4)cc3OC)cc2)cc1. The van der Waals surface area contributed by atoms with E-state index >= 15 is 0 Å². The Morgan fingerprint density at radius 1 is 0.806 bits per heavy atom. The van der Waals surface area contributed by atoms with Crippen LogP contribution in [0.4, 0.5) is 11.4 Å². The molecule has 1 saturated heterocycles. The second-order valence-electron chi connectivity index (χ2n) is 7.06. The Morgan fingerprint density at radius 2 is 1.45 bits per heavy atom. The molecule has 0 unspecified atom stereocenters. The van der Waals surface area contributed by atoms with Crippen molar-refractivity contribution in [3.63, 3.8) is 0 Å². The van der Waals surface area contributed by atoms with E-state index in [0.717, 1.165) is 66.2 Å². The van der Waals surface area contributed by atoms with Crippen LogP contribution in [-0.2, 0) is 4.74 Å². The van der Waals surface area contributed by atoms with E-state index in [1.54, 1.807) is 14.2 Å². The van der Waals surface area contributed by atoms with E-state index in [2.05, 4.69) is 22.0 Å². The maximum Gasteiger partial charge on any atom is 0.129 e. The fraction of sp³-hybridized carbons (Fsp3) is 0.240. The molecule has 6 heteroatoms. The molecule has 0 radical (unpaired) electrons. The first-order valence-electron chi connectivity index (χ1n) is 10.2. The summed E-state index contributed by atoms with van der Waals surface area (Å²) >= 11 is 0. The number of hydrogen-bond acceptors (Lipinski definition) is 6. The normalized spacial score (nSPS) is 13.9. The molecule has 3 aromatic rings. The molecule has 0 bridgehead atoms. The molecule has 160 valence electrons. The first kappa shape index (κ1) is 20.8. The number of methoxy groups -OCH3 is 2. The lowest BCUT2D eigenvalue weighted by atomic mass is 10.1. The zero-order chi connectivity index (χ0) is 21.5. The van der Waals surface area contributed by atoms with Crippen molar-refractivity contribution in [2.75, 3.05) is 45.4 Å². The number of benzene rings is 3. The molecule has 0 amide bonds. The molecule has 1 heterocycles. The Kier molecular flexibility index (Phi) is 6.69. The smallest absolute Gasteiger partial charge is 0.129 e. The topological polar surface area (TPSA) is 52.5 Å². The van der Waals surface area contributed by atoms with Gasteiger partial charge in [0.25, 0.3) is 0 Å². The van der Waals surface area contributed by atoms with E-state index in [1.165, 1.54) is 0 Å². The molecular weight excluding hydrogens is 392 g/mol. The summed E-state index contributed by atoms with van der Waals surface area (Å²) in [6.45, 7) is 3.29. The van der Waals surface area contributed by atoms with Crippen molar-refractivity contribution in [1.29, 1.82) is 0 Å². The molecule has 6 nitrogen and oxygen atoms in total. The first-order chi connectivity index (χ1) is 15.2. The van der Waals surface area contributed by atoms with Crippen molar-refractivity contribution >= 4 is 17.6 Å². The lowest BCUT2D eigenvalue weighted by Crippen LogP contribution is -2.36. The zero-order valence-corrected chi connectivity index (χ0v) is 17.8. The van der Waals surface area contributed by atoms with Crippen molar-refractivity contribution in [1.82, 2.24) is 0 Å². The summed E-state index contributed by atoms with van der Waals surface area (Å²) in [5.74, 6) is 3.09. The van der Waals surface area contributed by atoms with Gasteiger partial charge in [0.2, 0.25) is 0 Å². The van der Waals surface area contributed by atoms with Gasteiger partial charge in [0, 0.05) is 36.6 Å². The van der Waals surface area contributed by atoms with Gasteiger partial charge >= 0.3 is 0 Å². The van der Waals surface area contributed by atoms with Gasteiger partial charge < -0.3 is 23.8 Å². The van der Waals surface area contributed by atoms with Gasteiger partial charge in [-0.15, -0.1) is 0 Å². The molecule has 1 aliphatic rings. The minimum Gasteiger partial charge on any atom is -0.497 e. The molecule has 4 rings (SSSR count). The van der Waals surface area contributed by atoms with Crippen molar-refractivity contribution in [3.05, 3.63) is 72.3 Å². The Bertz CT molecular complexity index is 1010. The molecule has 1 aliphatic heterocycles. The summed E-state index contributed by atoms with van der Waals surface area (Å²) in [5, 5.41) is 0. The third-order valence-corrected chi connectivity index (χ3v) is 5.08. The summed E-state index contributed by atoms with van der Waals surface area (Å²) in [6, 6.07) is 21.3. The van der Waals surface area contributed by atoms with Gasteiger partial charge in [-0.25, -0.2) is 0 Å². The van der Waals surface area contributed by atoms with Crippen LogP contribution in [0.5, 0.6) is 23.0 Å². The Labute approximate surface area is 182 Å². The molecule has 0 spiro atoms. The number of rotatable bonds is 7. The highest BCUT2D eigenvalue weighted by atomic mass is 16.5. The summed E-state index contributed by atoms with van der Waals surface area (Å²) in [5.41, 5.74) is 2.90. The second kappa shape index (κ2) is 10.00. The van der Waals surface area contributed by atoms with E-state index in [4.69, 9.17) is 18.9 Å².